The highest BCUT2D eigenvalue weighted by atomic mass is 16.5. The van der Waals surface area contributed by atoms with Crippen molar-refractivity contribution in [3.8, 4) is 0 Å². The lowest BCUT2D eigenvalue weighted by atomic mass is 9.84. The molecular weight excluding hydrogens is 232 g/mol. The Morgan fingerprint density at radius 1 is 0.842 bits per heavy atom. The van der Waals surface area contributed by atoms with Crippen molar-refractivity contribution in [3.05, 3.63) is 84.1 Å². The van der Waals surface area contributed by atoms with Crippen LogP contribution in [0.4, 0.5) is 0 Å². The quantitative estimate of drug-likeness (QED) is 0.778. The van der Waals surface area contributed by atoms with Gasteiger partial charge in [-0.3, -0.25) is 0 Å². The molecule has 0 bridgehead atoms. The highest BCUT2D eigenvalue weighted by Gasteiger charge is 2.26. The van der Waals surface area contributed by atoms with Crippen molar-refractivity contribution in [3.63, 3.8) is 0 Å². The zero-order valence-corrected chi connectivity index (χ0v) is 10.9. The lowest BCUT2D eigenvalue weighted by molar-refractivity contribution is 0.109. The van der Waals surface area contributed by atoms with Crippen LogP contribution in [0.25, 0.3) is 0 Å². The van der Waals surface area contributed by atoms with Gasteiger partial charge in [-0.25, -0.2) is 0 Å². The topological polar surface area (TPSA) is 9.23 Å². The predicted octanol–water partition coefficient (Wildman–Crippen LogP) is 4.51. The maximum atomic E-state index is 5.87. The molecule has 0 N–H and O–H groups in total. The van der Waals surface area contributed by atoms with Crippen molar-refractivity contribution >= 4 is 0 Å². The zero-order chi connectivity index (χ0) is 12.9. The van der Waals surface area contributed by atoms with Gasteiger partial charge in [-0.05, 0) is 30.0 Å². The molecule has 1 nitrogen and oxygen atoms in total. The minimum absolute atomic E-state index is 0.231. The molecule has 0 fully saturated rings. The molecule has 2 aromatic rings. The number of ether oxygens (including phenoxy) is 1. The van der Waals surface area contributed by atoms with Gasteiger partial charge in [-0.15, -0.1) is 0 Å². The molecule has 2 aromatic carbocycles. The fraction of sp³-hybridized carbons (Fsp3) is 0.222. The van der Waals surface area contributed by atoms with Crippen LogP contribution in [-0.4, -0.2) is 6.10 Å². The van der Waals surface area contributed by atoms with Crippen LogP contribution in [0, 0.1) is 0 Å². The van der Waals surface area contributed by atoms with E-state index in [1.165, 1.54) is 11.1 Å². The molecule has 1 aliphatic heterocycles. The summed E-state index contributed by atoms with van der Waals surface area (Å²) >= 11 is 0. The first kappa shape index (κ1) is 12.0. The fourth-order valence-corrected chi connectivity index (χ4v) is 2.74. The van der Waals surface area contributed by atoms with Crippen molar-refractivity contribution in [2.45, 2.75) is 24.9 Å². The normalized spacial score (nSPS) is 18.3. The van der Waals surface area contributed by atoms with Gasteiger partial charge in [-0.2, -0.15) is 0 Å². The summed E-state index contributed by atoms with van der Waals surface area (Å²) in [5.41, 5.74) is 2.66. The molecule has 0 amide bonds. The number of hydrogen-bond acceptors (Lipinski definition) is 1. The van der Waals surface area contributed by atoms with Gasteiger partial charge in [0.25, 0.3) is 0 Å². The van der Waals surface area contributed by atoms with Crippen LogP contribution >= 0.6 is 0 Å². The summed E-state index contributed by atoms with van der Waals surface area (Å²) in [4.78, 5) is 0. The summed E-state index contributed by atoms with van der Waals surface area (Å²) in [7, 11) is 0. The first-order valence-electron chi connectivity index (χ1n) is 6.85. The molecule has 0 unspecified atom stereocenters. The predicted molar refractivity (Wildman–Crippen MR) is 78.0 cm³/mol. The second kappa shape index (κ2) is 5.75. The number of benzene rings is 2. The molecule has 1 aliphatic rings. The maximum Gasteiger partial charge on any atom is 0.109 e. The fourth-order valence-electron chi connectivity index (χ4n) is 2.74. The molecule has 0 aliphatic carbocycles. The Labute approximate surface area is 114 Å². The summed E-state index contributed by atoms with van der Waals surface area (Å²) in [5.74, 6) is 0.312. The lowest BCUT2D eigenvalue weighted by Gasteiger charge is -2.29. The molecule has 0 saturated heterocycles. The zero-order valence-electron chi connectivity index (χ0n) is 10.9. The third-order valence-corrected chi connectivity index (χ3v) is 3.66. The third-order valence-electron chi connectivity index (χ3n) is 3.66. The minimum atomic E-state index is 0.231. The number of allylic oxidation sites excluding steroid dienone is 1. The van der Waals surface area contributed by atoms with Crippen molar-refractivity contribution < 1.29 is 4.74 Å². The standard InChI is InChI=1S/C18H18O/c1-3-9-15(10-4-1)18(16-11-5-2-6-12-16)17-13-7-8-14-19-17/h1-6,8-12,14,17-18H,7,13H2/t17-/m0/s1. The van der Waals surface area contributed by atoms with Crippen molar-refractivity contribution in [1.29, 1.82) is 0 Å². The van der Waals surface area contributed by atoms with Crippen LogP contribution in [0.2, 0.25) is 0 Å². The van der Waals surface area contributed by atoms with E-state index in [0.29, 0.717) is 5.92 Å². The van der Waals surface area contributed by atoms with Crippen LogP contribution in [0.15, 0.2) is 73.0 Å². The molecule has 1 heterocycles. The monoisotopic (exact) mass is 250 g/mol. The Balaban J connectivity index is 1.98. The van der Waals surface area contributed by atoms with E-state index in [1.54, 1.807) is 0 Å². The second-order valence-corrected chi connectivity index (χ2v) is 4.92. The minimum Gasteiger partial charge on any atom is -0.497 e. The lowest BCUT2D eigenvalue weighted by Crippen LogP contribution is -2.23. The smallest absolute Gasteiger partial charge is 0.109 e. The van der Waals surface area contributed by atoms with Gasteiger partial charge in [0.1, 0.15) is 6.10 Å². The van der Waals surface area contributed by atoms with Gasteiger partial charge in [0, 0.05) is 5.92 Å². The summed E-state index contributed by atoms with van der Waals surface area (Å²) in [6.45, 7) is 0. The highest BCUT2D eigenvalue weighted by Crippen LogP contribution is 2.33. The Kier molecular flexibility index (Phi) is 3.64. The van der Waals surface area contributed by atoms with Crippen LogP contribution < -0.4 is 0 Å². The first-order chi connectivity index (χ1) is 9.45. The van der Waals surface area contributed by atoms with Crippen LogP contribution in [0.5, 0.6) is 0 Å². The van der Waals surface area contributed by atoms with E-state index in [-0.39, 0.29) is 6.10 Å². The molecule has 19 heavy (non-hydrogen) atoms. The molecular formula is C18H18O. The van der Waals surface area contributed by atoms with Crippen molar-refractivity contribution in [1.82, 2.24) is 0 Å². The average molecular weight is 250 g/mol. The summed E-state index contributed by atoms with van der Waals surface area (Å²) in [6, 6.07) is 21.3. The summed E-state index contributed by atoms with van der Waals surface area (Å²) in [5, 5.41) is 0. The van der Waals surface area contributed by atoms with E-state index >= 15 is 0 Å². The maximum absolute atomic E-state index is 5.87. The van der Waals surface area contributed by atoms with E-state index in [9.17, 15) is 0 Å². The SMILES string of the molecule is C1=CO[C@H](C(c2ccccc2)c2ccccc2)CC1. The van der Waals surface area contributed by atoms with E-state index in [0.717, 1.165) is 12.8 Å². The van der Waals surface area contributed by atoms with Crippen LogP contribution in [-0.2, 0) is 4.74 Å². The molecule has 0 radical (unpaired) electrons. The molecule has 3 rings (SSSR count). The van der Waals surface area contributed by atoms with Crippen molar-refractivity contribution in [2.75, 3.05) is 0 Å². The molecule has 0 saturated carbocycles. The molecule has 1 atom stereocenters. The van der Waals surface area contributed by atoms with Crippen molar-refractivity contribution in [2.24, 2.45) is 0 Å². The summed E-state index contributed by atoms with van der Waals surface area (Å²) in [6.07, 6.45) is 6.36. The van der Waals surface area contributed by atoms with Gasteiger partial charge in [-0.1, -0.05) is 60.7 Å². The molecule has 1 heteroatoms. The van der Waals surface area contributed by atoms with E-state index < -0.39 is 0 Å². The summed E-state index contributed by atoms with van der Waals surface area (Å²) < 4.78 is 5.87. The Morgan fingerprint density at radius 2 is 1.42 bits per heavy atom. The van der Waals surface area contributed by atoms with Gasteiger partial charge in [0.2, 0.25) is 0 Å². The second-order valence-electron chi connectivity index (χ2n) is 4.92. The van der Waals surface area contributed by atoms with Gasteiger partial charge < -0.3 is 4.74 Å². The van der Waals surface area contributed by atoms with Gasteiger partial charge >= 0.3 is 0 Å². The van der Waals surface area contributed by atoms with E-state index in [1.807, 2.05) is 6.26 Å². The Hall–Kier alpha value is -2.02. The highest BCUT2D eigenvalue weighted by molar-refractivity contribution is 5.34. The number of rotatable bonds is 3. The van der Waals surface area contributed by atoms with Crippen LogP contribution in [0.1, 0.15) is 29.9 Å². The average Bonchev–Trinajstić information content (AvgIpc) is 2.51. The van der Waals surface area contributed by atoms with E-state index in [4.69, 9.17) is 4.74 Å². The third kappa shape index (κ3) is 2.70. The van der Waals surface area contributed by atoms with Gasteiger partial charge in [0.05, 0.1) is 6.26 Å². The Bertz CT molecular complexity index is 491. The van der Waals surface area contributed by atoms with Gasteiger partial charge in [0.15, 0.2) is 0 Å². The first-order valence-corrected chi connectivity index (χ1v) is 6.85. The van der Waals surface area contributed by atoms with Crippen LogP contribution in [0.3, 0.4) is 0 Å². The molecule has 96 valence electrons. The number of hydrogen-bond donors (Lipinski definition) is 0. The Morgan fingerprint density at radius 3 is 1.89 bits per heavy atom. The molecule has 0 spiro atoms. The van der Waals surface area contributed by atoms with E-state index in [2.05, 4.69) is 66.7 Å². The largest absolute Gasteiger partial charge is 0.497 e. The molecule has 0 aromatic heterocycles.